The Labute approximate surface area is 123 Å². The third-order valence-corrected chi connectivity index (χ3v) is 4.69. The fraction of sp³-hybridized carbons (Fsp3) is 0.385. The summed E-state index contributed by atoms with van der Waals surface area (Å²) in [5.41, 5.74) is 0.954. The number of nitrogens with one attached hydrogen (secondary N) is 1. The molecule has 0 radical (unpaired) electrons. The molecule has 2 heterocycles. The number of fused-ring (bicyclic) bond motifs is 1. The van der Waals surface area contributed by atoms with E-state index in [1.807, 2.05) is 23.1 Å². The van der Waals surface area contributed by atoms with Crippen LogP contribution in [0.1, 0.15) is 12.8 Å². The smallest absolute Gasteiger partial charge is 0.241 e. The molecule has 1 amide bonds. The normalized spacial score (nSPS) is 15.1. The predicted molar refractivity (Wildman–Crippen MR) is 81.6 cm³/mol. The maximum Gasteiger partial charge on any atom is 0.241 e. The van der Waals surface area contributed by atoms with E-state index in [1.54, 1.807) is 11.3 Å². The van der Waals surface area contributed by atoms with E-state index in [9.17, 15) is 4.79 Å². The van der Waals surface area contributed by atoms with Crippen LogP contribution in [0.4, 0.5) is 5.13 Å². The number of aromatic nitrogens is 1. The van der Waals surface area contributed by atoms with Gasteiger partial charge in [-0.2, -0.15) is 0 Å². The molecular formula is C13H14BrN3OS. The summed E-state index contributed by atoms with van der Waals surface area (Å²) >= 11 is 5.01. The molecule has 1 aromatic heterocycles. The summed E-state index contributed by atoms with van der Waals surface area (Å²) in [6.07, 6.45) is 2.25. The number of anilines is 1. The monoisotopic (exact) mass is 339 g/mol. The van der Waals surface area contributed by atoms with Crippen molar-refractivity contribution in [3.8, 4) is 0 Å². The van der Waals surface area contributed by atoms with E-state index < -0.39 is 0 Å². The lowest BCUT2D eigenvalue weighted by Crippen LogP contribution is -2.32. The summed E-state index contributed by atoms with van der Waals surface area (Å²) in [6, 6.07) is 6.02. The zero-order chi connectivity index (χ0) is 13.2. The highest BCUT2D eigenvalue weighted by Crippen LogP contribution is 2.28. The van der Waals surface area contributed by atoms with Gasteiger partial charge in [0, 0.05) is 17.6 Å². The standard InChI is InChI=1S/C13H14BrN3OS/c14-9-3-4-11-10(7-9)16-13(19-11)15-8-12(18)17-5-1-2-6-17/h3-4,7H,1-2,5-6,8H2,(H,15,16). The van der Waals surface area contributed by atoms with Crippen molar-refractivity contribution in [2.75, 3.05) is 25.0 Å². The van der Waals surface area contributed by atoms with Crippen molar-refractivity contribution in [2.45, 2.75) is 12.8 Å². The van der Waals surface area contributed by atoms with Crippen LogP contribution in [0, 0.1) is 0 Å². The molecule has 1 N–H and O–H groups in total. The molecule has 0 saturated carbocycles. The lowest BCUT2D eigenvalue weighted by molar-refractivity contribution is -0.128. The van der Waals surface area contributed by atoms with Gasteiger partial charge in [0.2, 0.25) is 5.91 Å². The molecular weight excluding hydrogens is 326 g/mol. The highest BCUT2D eigenvalue weighted by Gasteiger charge is 2.17. The summed E-state index contributed by atoms with van der Waals surface area (Å²) < 4.78 is 2.14. The van der Waals surface area contributed by atoms with Gasteiger partial charge in [0.05, 0.1) is 16.8 Å². The zero-order valence-electron chi connectivity index (χ0n) is 10.4. The molecule has 19 heavy (non-hydrogen) atoms. The first-order valence-electron chi connectivity index (χ1n) is 6.30. The van der Waals surface area contributed by atoms with Gasteiger partial charge in [0.15, 0.2) is 5.13 Å². The molecule has 3 rings (SSSR count). The van der Waals surface area contributed by atoms with Gasteiger partial charge in [-0.15, -0.1) is 0 Å². The number of likely N-dealkylation sites (tertiary alicyclic amines) is 1. The minimum atomic E-state index is 0.165. The number of amides is 1. The van der Waals surface area contributed by atoms with Crippen molar-refractivity contribution in [2.24, 2.45) is 0 Å². The largest absolute Gasteiger partial charge is 0.352 e. The second-order valence-electron chi connectivity index (χ2n) is 4.57. The summed E-state index contributed by atoms with van der Waals surface area (Å²) in [5.74, 6) is 0.165. The third-order valence-electron chi connectivity index (χ3n) is 3.20. The molecule has 1 aliphatic heterocycles. The number of carbonyl (C=O) groups is 1. The van der Waals surface area contributed by atoms with Gasteiger partial charge in [0.1, 0.15) is 0 Å². The van der Waals surface area contributed by atoms with E-state index in [1.165, 1.54) is 0 Å². The molecule has 6 heteroatoms. The molecule has 0 aliphatic carbocycles. The molecule has 0 spiro atoms. The predicted octanol–water partition coefficient (Wildman–Crippen LogP) is 3.09. The lowest BCUT2D eigenvalue weighted by Gasteiger charge is -2.14. The average Bonchev–Trinajstić information content (AvgIpc) is 3.04. The molecule has 1 aromatic carbocycles. The fourth-order valence-electron chi connectivity index (χ4n) is 2.21. The average molecular weight is 340 g/mol. The van der Waals surface area contributed by atoms with Crippen molar-refractivity contribution < 1.29 is 4.79 Å². The molecule has 0 unspecified atom stereocenters. The number of hydrogen-bond acceptors (Lipinski definition) is 4. The maximum atomic E-state index is 11.9. The highest BCUT2D eigenvalue weighted by atomic mass is 79.9. The van der Waals surface area contributed by atoms with Crippen molar-refractivity contribution in [1.82, 2.24) is 9.88 Å². The summed E-state index contributed by atoms with van der Waals surface area (Å²) in [6.45, 7) is 2.13. The van der Waals surface area contributed by atoms with E-state index >= 15 is 0 Å². The minimum Gasteiger partial charge on any atom is -0.352 e. The second kappa shape index (κ2) is 5.46. The Morgan fingerprint density at radius 3 is 3.00 bits per heavy atom. The van der Waals surface area contributed by atoms with Crippen LogP contribution < -0.4 is 5.32 Å². The lowest BCUT2D eigenvalue weighted by atomic mass is 10.3. The van der Waals surface area contributed by atoms with E-state index in [0.29, 0.717) is 6.54 Å². The van der Waals surface area contributed by atoms with E-state index in [2.05, 4.69) is 26.2 Å². The van der Waals surface area contributed by atoms with Gasteiger partial charge >= 0.3 is 0 Å². The van der Waals surface area contributed by atoms with Crippen molar-refractivity contribution >= 4 is 48.5 Å². The van der Waals surface area contributed by atoms with Crippen molar-refractivity contribution in [1.29, 1.82) is 0 Å². The quantitative estimate of drug-likeness (QED) is 0.934. The molecule has 0 atom stereocenters. The number of hydrogen-bond donors (Lipinski definition) is 1. The summed E-state index contributed by atoms with van der Waals surface area (Å²) in [4.78, 5) is 18.3. The van der Waals surface area contributed by atoms with Crippen LogP contribution in [-0.2, 0) is 4.79 Å². The van der Waals surface area contributed by atoms with E-state index in [4.69, 9.17) is 0 Å². The number of benzene rings is 1. The number of thiazole rings is 1. The molecule has 0 bridgehead atoms. The van der Waals surface area contributed by atoms with Crippen LogP contribution in [-0.4, -0.2) is 35.4 Å². The Kier molecular flexibility index (Phi) is 3.70. The Bertz CT molecular complexity index is 607. The first-order chi connectivity index (χ1) is 9.22. The van der Waals surface area contributed by atoms with E-state index in [0.717, 1.165) is 45.8 Å². The van der Waals surface area contributed by atoms with Gasteiger partial charge in [-0.3, -0.25) is 4.79 Å². The Morgan fingerprint density at radius 1 is 1.42 bits per heavy atom. The Morgan fingerprint density at radius 2 is 2.21 bits per heavy atom. The van der Waals surface area contributed by atoms with Crippen LogP contribution in [0.15, 0.2) is 22.7 Å². The van der Waals surface area contributed by atoms with Crippen LogP contribution in [0.5, 0.6) is 0 Å². The summed E-state index contributed by atoms with van der Waals surface area (Å²) in [7, 11) is 0. The number of carbonyl (C=O) groups excluding carboxylic acids is 1. The van der Waals surface area contributed by atoms with Gasteiger partial charge in [0.25, 0.3) is 0 Å². The maximum absolute atomic E-state index is 11.9. The fourth-order valence-corrected chi connectivity index (χ4v) is 3.40. The molecule has 4 nitrogen and oxygen atoms in total. The first-order valence-corrected chi connectivity index (χ1v) is 7.91. The van der Waals surface area contributed by atoms with Gasteiger partial charge < -0.3 is 10.2 Å². The second-order valence-corrected chi connectivity index (χ2v) is 6.52. The number of halogens is 1. The first kappa shape index (κ1) is 12.9. The van der Waals surface area contributed by atoms with Crippen LogP contribution in [0.25, 0.3) is 10.2 Å². The molecule has 1 saturated heterocycles. The van der Waals surface area contributed by atoms with E-state index in [-0.39, 0.29) is 5.91 Å². The van der Waals surface area contributed by atoms with Crippen LogP contribution in [0.3, 0.4) is 0 Å². The highest BCUT2D eigenvalue weighted by molar-refractivity contribution is 9.10. The van der Waals surface area contributed by atoms with Crippen LogP contribution in [0.2, 0.25) is 0 Å². The third kappa shape index (κ3) is 2.90. The van der Waals surface area contributed by atoms with Crippen molar-refractivity contribution in [3.63, 3.8) is 0 Å². The number of rotatable bonds is 3. The minimum absolute atomic E-state index is 0.165. The Hall–Kier alpha value is -1.14. The van der Waals surface area contributed by atoms with Gasteiger partial charge in [-0.25, -0.2) is 4.98 Å². The topological polar surface area (TPSA) is 45.2 Å². The zero-order valence-corrected chi connectivity index (χ0v) is 12.8. The van der Waals surface area contributed by atoms with Crippen molar-refractivity contribution in [3.05, 3.63) is 22.7 Å². The van der Waals surface area contributed by atoms with Gasteiger partial charge in [-0.1, -0.05) is 27.3 Å². The molecule has 2 aromatic rings. The van der Waals surface area contributed by atoms with Gasteiger partial charge in [-0.05, 0) is 31.0 Å². The molecule has 1 aliphatic rings. The SMILES string of the molecule is O=C(CNc1nc2cc(Br)ccc2s1)N1CCCC1. The number of nitrogens with zero attached hydrogens (tertiary/aromatic N) is 2. The molecule has 100 valence electrons. The summed E-state index contributed by atoms with van der Waals surface area (Å²) in [5, 5.41) is 3.94. The van der Waals surface area contributed by atoms with Crippen LogP contribution >= 0.6 is 27.3 Å². The Balaban J connectivity index is 1.66. The molecule has 1 fully saturated rings.